The molecule has 11 aromatic rings. The van der Waals surface area contributed by atoms with Crippen LogP contribution in [-0.2, 0) is 0 Å². The topological polar surface area (TPSA) is 35.6 Å². The summed E-state index contributed by atoms with van der Waals surface area (Å²) >= 11 is 1.89. The highest BCUT2D eigenvalue weighted by atomic mass is 32.1. The Balaban J connectivity index is 1.24. The van der Waals surface area contributed by atoms with Gasteiger partial charge in [-0.25, -0.2) is 4.98 Å². The number of hydrogen-bond acceptors (Lipinski definition) is 3. The highest BCUT2D eigenvalue weighted by molar-refractivity contribution is 7.26. The molecule has 0 amide bonds. The van der Waals surface area contributed by atoms with Crippen molar-refractivity contribution in [2.45, 2.75) is 0 Å². The van der Waals surface area contributed by atoms with E-state index in [1.54, 1.807) is 12.4 Å². The third kappa shape index (κ3) is 4.07. The van der Waals surface area contributed by atoms with Gasteiger partial charge < -0.3 is 4.57 Å². The zero-order valence-electron chi connectivity index (χ0n) is 27.4. The van der Waals surface area contributed by atoms with Crippen molar-refractivity contribution in [1.29, 1.82) is 0 Å². The fraction of sp³-hybridized carbons (Fsp3) is 0. The molecule has 4 heterocycles. The van der Waals surface area contributed by atoms with E-state index < -0.39 is 0 Å². The van der Waals surface area contributed by atoms with Crippen molar-refractivity contribution >= 4 is 75.1 Å². The van der Waals surface area contributed by atoms with Crippen LogP contribution in [0.2, 0.25) is 0 Å². The van der Waals surface area contributed by atoms with Crippen LogP contribution in [0.3, 0.4) is 0 Å². The summed E-state index contributed by atoms with van der Waals surface area (Å²) in [6.45, 7) is 0. The average molecular weight is 669 g/mol. The first kappa shape index (κ1) is 28.3. The second-order valence-electron chi connectivity index (χ2n) is 13.0. The monoisotopic (exact) mass is 668 g/mol. The smallest absolute Gasteiger partial charge is 0.164 e. The average Bonchev–Trinajstić information content (AvgIpc) is 3.86. The van der Waals surface area contributed by atoms with Gasteiger partial charge in [-0.3, -0.25) is 9.55 Å². The minimum absolute atomic E-state index is 0.822. The molecule has 0 radical (unpaired) electrons. The van der Waals surface area contributed by atoms with Crippen molar-refractivity contribution in [3.05, 3.63) is 170 Å². The lowest BCUT2D eigenvalue weighted by Crippen LogP contribution is -2.02. The summed E-state index contributed by atoms with van der Waals surface area (Å²) < 4.78 is 7.38. The fourth-order valence-corrected chi connectivity index (χ4v) is 9.47. The molecule has 0 fully saturated rings. The van der Waals surface area contributed by atoms with Crippen LogP contribution in [0.15, 0.2) is 170 Å². The Kier molecular flexibility index (Phi) is 6.09. The molecule has 11 rings (SSSR count). The Morgan fingerprint density at radius 3 is 1.67 bits per heavy atom. The van der Waals surface area contributed by atoms with Gasteiger partial charge in [-0.2, -0.15) is 0 Å². The zero-order chi connectivity index (χ0) is 33.5. The Bertz CT molecular complexity index is 3130. The second-order valence-corrected chi connectivity index (χ2v) is 14.0. The third-order valence-electron chi connectivity index (χ3n) is 10.2. The number of fused-ring (bicyclic) bond motifs is 10. The van der Waals surface area contributed by atoms with Gasteiger partial charge >= 0.3 is 0 Å². The van der Waals surface area contributed by atoms with Crippen LogP contribution >= 0.6 is 11.3 Å². The van der Waals surface area contributed by atoms with E-state index in [2.05, 4.69) is 161 Å². The predicted molar refractivity (Wildman–Crippen MR) is 214 cm³/mol. The predicted octanol–water partition coefficient (Wildman–Crippen LogP) is 12.4. The maximum atomic E-state index is 4.97. The number of para-hydroxylation sites is 2. The largest absolute Gasteiger partial charge is 0.308 e. The molecule has 238 valence electrons. The minimum atomic E-state index is 0.822. The SMILES string of the molecule is c1ccc(-c2nccnc2-n2c3ccccc3c3c4c5ccccc5n(-c5cccc6c5sc5c(-c7ccccc7)cccc56)c4ccc32)cc1. The standard InChI is InChI=1S/C46H28N4S/c1-3-13-29(14-4-1)31-19-11-20-32-33-21-12-24-40(45(33)51-44(31)32)49-36-22-9-7-17-34(36)41-38(49)25-26-39-42(41)35-18-8-10-23-37(35)50(39)46-43(47-27-28-48-46)30-15-5-2-6-16-30/h1-28H. The van der Waals surface area contributed by atoms with Gasteiger partial charge in [-0.15, -0.1) is 11.3 Å². The van der Waals surface area contributed by atoms with Gasteiger partial charge in [-0.1, -0.05) is 127 Å². The number of nitrogens with zero attached hydrogens (tertiary/aromatic N) is 4. The van der Waals surface area contributed by atoms with Crippen molar-refractivity contribution in [3.63, 3.8) is 0 Å². The van der Waals surface area contributed by atoms with Crippen LogP contribution in [-0.4, -0.2) is 19.1 Å². The summed E-state index contributed by atoms with van der Waals surface area (Å²) in [4.78, 5) is 9.83. The molecule has 7 aromatic carbocycles. The molecule has 0 bridgehead atoms. The van der Waals surface area contributed by atoms with Crippen molar-refractivity contribution < 1.29 is 0 Å². The molecule has 0 unspecified atom stereocenters. The molecule has 0 N–H and O–H groups in total. The molecule has 51 heavy (non-hydrogen) atoms. The van der Waals surface area contributed by atoms with Gasteiger partial charge in [0.05, 0.1) is 32.5 Å². The minimum Gasteiger partial charge on any atom is -0.308 e. The number of thiophene rings is 1. The summed E-state index contributed by atoms with van der Waals surface area (Å²) in [5, 5.41) is 7.46. The number of hydrogen-bond donors (Lipinski definition) is 0. The molecular formula is C46H28N4S. The van der Waals surface area contributed by atoms with E-state index in [1.165, 1.54) is 69.6 Å². The zero-order valence-corrected chi connectivity index (χ0v) is 28.2. The number of aromatic nitrogens is 4. The Morgan fingerprint density at radius 1 is 0.392 bits per heavy atom. The molecule has 4 aromatic heterocycles. The molecule has 0 saturated heterocycles. The molecule has 0 atom stereocenters. The van der Waals surface area contributed by atoms with Crippen molar-refractivity contribution in [1.82, 2.24) is 19.1 Å². The summed E-state index contributed by atoms with van der Waals surface area (Å²) in [6, 6.07) is 56.7. The van der Waals surface area contributed by atoms with Gasteiger partial charge in [0.25, 0.3) is 0 Å². The lowest BCUT2D eigenvalue weighted by molar-refractivity contribution is 1.05. The van der Waals surface area contributed by atoms with E-state index in [0.717, 1.165) is 28.1 Å². The van der Waals surface area contributed by atoms with Crippen molar-refractivity contribution in [2.24, 2.45) is 0 Å². The van der Waals surface area contributed by atoms with Gasteiger partial charge in [0.15, 0.2) is 5.82 Å². The molecule has 0 aliphatic heterocycles. The lowest BCUT2D eigenvalue weighted by atomic mass is 10.0. The number of rotatable bonds is 4. The van der Waals surface area contributed by atoms with Gasteiger partial charge in [0.2, 0.25) is 0 Å². The maximum Gasteiger partial charge on any atom is 0.164 e. The van der Waals surface area contributed by atoms with Crippen LogP contribution in [0.5, 0.6) is 0 Å². The van der Waals surface area contributed by atoms with Crippen LogP contribution in [0.1, 0.15) is 0 Å². The Labute approximate surface area is 297 Å². The lowest BCUT2D eigenvalue weighted by Gasteiger charge is -2.12. The summed E-state index contributed by atoms with van der Waals surface area (Å²) in [7, 11) is 0. The fourth-order valence-electron chi connectivity index (χ4n) is 8.13. The first-order chi connectivity index (χ1) is 25.3. The van der Waals surface area contributed by atoms with Crippen LogP contribution in [0.25, 0.3) is 97.7 Å². The molecule has 0 spiro atoms. The maximum absolute atomic E-state index is 4.97. The molecule has 0 aliphatic carbocycles. The highest BCUT2D eigenvalue weighted by Crippen LogP contribution is 2.46. The first-order valence-corrected chi connectivity index (χ1v) is 18.0. The van der Waals surface area contributed by atoms with Crippen LogP contribution < -0.4 is 0 Å². The quantitative estimate of drug-likeness (QED) is 0.187. The third-order valence-corrected chi connectivity index (χ3v) is 11.5. The Morgan fingerprint density at radius 2 is 0.941 bits per heavy atom. The first-order valence-electron chi connectivity index (χ1n) is 17.2. The summed E-state index contributed by atoms with van der Waals surface area (Å²) in [5.41, 5.74) is 10.2. The van der Waals surface area contributed by atoms with E-state index in [-0.39, 0.29) is 0 Å². The number of benzene rings is 7. The van der Waals surface area contributed by atoms with E-state index in [1.807, 2.05) is 17.4 Å². The molecule has 4 nitrogen and oxygen atoms in total. The van der Waals surface area contributed by atoms with Gasteiger partial charge in [0.1, 0.15) is 5.69 Å². The van der Waals surface area contributed by atoms with Crippen molar-refractivity contribution in [2.75, 3.05) is 0 Å². The van der Waals surface area contributed by atoms with E-state index >= 15 is 0 Å². The summed E-state index contributed by atoms with van der Waals surface area (Å²) in [5.74, 6) is 0.822. The highest BCUT2D eigenvalue weighted by Gasteiger charge is 2.23. The van der Waals surface area contributed by atoms with Crippen molar-refractivity contribution in [3.8, 4) is 33.9 Å². The molecule has 0 saturated carbocycles. The Hall–Kier alpha value is -6.56. The molecule has 0 aliphatic rings. The molecule has 5 heteroatoms. The molecular weight excluding hydrogens is 641 g/mol. The normalized spacial score (nSPS) is 11.9. The van der Waals surface area contributed by atoms with E-state index in [4.69, 9.17) is 9.97 Å². The van der Waals surface area contributed by atoms with Crippen LogP contribution in [0.4, 0.5) is 0 Å². The second kappa shape index (κ2) is 11.0. The van der Waals surface area contributed by atoms with Crippen LogP contribution in [0, 0.1) is 0 Å². The summed E-state index contributed by atoms with van der Waals surface area (Å²) in [6.07, 6.45) is 3.57. The van der Waals surface area contributed by atoms with Gasteiger partial charge in [0, 0.05) is 55.0 Å². The van der Waals surface area contributed by atoms with E-state index in [9.17, 15) is 0 Å². The van der Waals surface area contributed by atoms with Gasteiger partial charge in [-0.05, 0) is 41.5 Å². The van der Waals surface area contributed by atoms with E-state index in [0.29, 0.717) is 0 Å².